The summed E-state index contributed by atoms with van der Waals surface area (Å²) >= 11 is 0. The number of H-pyrrole nitrogens is 1. The number of ether oxygens (including phenoxy) is 1. The molecule has 2 aliphatic rings. The van der Waals surface area contributed by atoms with Crippen molar-refractivity contribution in [3.63, 3.8) is 0 Å². The van der Waals surface area contributed by atoms with E-state index in [1.54, 1.807) is 17.3 Å². The molecule has 1 aliphatic heterocycles. The highest BCUT2D eigenvalue weighted by molar-refractivity contribution is 5.90. The summed E-state index contributed by atoms with van der Waals surface area (Å²) < 4.78 is 5.84. The third-order valence-corrected chi connectivity index (χ3v) is 6.18. The Bertz CT molecular complexity index is 997. The maximum Gasteiger partial charge on any atom is 0.415 e. The molecule has 30 heavy (non-hydrogen) atoms. The van der Waals surface area contributed by atoms with E-state index in [1.165, 1.54) is 0 Å². The van der Waals surface area contributed by atoms with Crippen molar-refractivity contribution in [2.45, 2.75) is 31.3 Å². The summed E-state index contributed by atoms with van der Waals surface area (Å²) in [6, 6.07) is 16.0. The van der Waals surface area contributed by atoms with Gasteiger partial charge in [-0.25, -0.2) is 4.79 Å². The molecule has 1 amide bonds. The number of amides is 1. The van der Waals surface area contributed by atoms with Gasteiger partial charge in [0.15, 0.2) is 0 Å². The molecule has 5 rings (SSSR count). The van der Waals surface area contributed by atoms with Gasteiger partial charge in [0.05, 0.1) is 24.1 Å². The zero-order valence-corrected chi connectivity index (χ0v) is 16.8. The molecule has 0 bridgehead atoms. The van der Waals surface area contributed by atoms with Crippen LogP contribution in [0.5, 0.6) is 0 Å². The van der Waals surface area contributed by atoms with Gasteiger partial charge in [-0.15, -0.1) is 0 Å². The summed E-state index contributed by atoms with van der Waals surface area (Å²) in [6.07, 6.45) is 6.98. The summed E-state index contributed by atoms with van der Waals surface area (Å²) in [5.74, 6) is 1.41. The fraction of sp³-hybridized carbons (Fsp3) is 0.348. The van der Waals surface area contributed by atoms with Crippen LogP contribution < -0.4 is 10.2 Å². The minimum absolute atomic E-state index is 0.260. The largest absolute Gasteiger partial charge is 0.441 e. The first-order valence-electron chi connectivity index (χ1n) is 10.5. The Hall–Kier alpha value is -3.35. The van der Waals surface area contributed by atoms with Crippen LogP contribution in [0.3, 0.4) is 0 Å². The van der Waals surface area contributed by atoms with E-state index in [-0.39, 0.29) is 11.7 Å². The highest BCUT2D eigenvalue weighted by atomic mass is 16.6. The zero-order chi connectivity index (χ0) is 20.4. The van der Waals surface area contributed by atoms with Gasteiger partial charge in [-0.05, 0) is 49.3 Å². The average molecular weight is 403 g/mol. The number of benzene rings is 1. The summed E-state index contributed by atoms with van der Waals surface area (Å²) in [4.78, 5) is 18.2. The summed E-state index contributed by atoms with van der Waals surface area (Å²) in [7, 11) is 0. The van der Waals surface area contributed by atoms with Gasteiger partial charge in [-0.2, -0.15) is 5.10 Å². The molecule has 3 aromatic rings. The molecule has 1 aliphatic carbocycles. The lowest BCUT2D eigenvalue weighted by Crippen LogP contribution is -2.39. The number of rotatable bonds is 5. The Morgan fingerprint density at radius 1 is 1.17 bits per heavy atom. The average Bonchev–Trinajstić information content (AvgIpc) is 3.39. The lowest BCUT2D eigenvalue weighted by Gasteiger charge is -2.35. The van der Waals surface area contributed by atoms with Gasteiger partial charge in [-0.3, -0.25) is 15.0 Å². The number of carbonyl (C=O) groups excluding carboxylic acids is 1. The number of anilines is 2. The lowest BCUT2D eigenvalue weighted by molar-refractivity contribution is 0.0148. The first-order valence-corrected chi connectivity index (χ1v) is 10.5. The van der Waals surface area contributed by atoms with Crippen LogP contribution in [0.25, 0.3) is 11.3 Å². The first kappa shape index (κ1) is 18.7. The molecule has 154 valence electrons. The van der Waals surface area contributed by atoms with Crippen LogP contribution in [0, 0.1) is 5.92 Å². The molecule has 1 aromatic carbocycles. The Labute approximate surface area is 175 Å². The SMILES string of the molecule is O=C1OC2(CCC(CNc3cc(-c4ccccc4)[nH]n3)CC2)CN1c1cccnc1. The van der Waals surface area contributed by atoms with Crippen molar-refractivity contribution in [2.24, 2.45) is 5.92 Å². The van der Waals surface area contributed by atoms with Gasteiger partial charge in [0.2, 0.25) is 0 Å². The molecular formula is C23H25N5O2. The molecule has 2 fully saturated rings. The van der Waals surface area contributed by atoms with Gasteiger partial charge in [-0.1, -0.05) is 30.3 Å². The Morgan fingerprint density at radius 3 is 2.77 bits per heavy atom. The third kappa shape index (κ3) is 3.75. The second-order valence-corrected chi connectivity index (χ2v) is 8.21. The van der Waals surface area contributed by atoms with Crippen LogP contribution >= 0.6 is 0 Å². The number of hydrogen-bond acceptors (Lipinski definition) is 5. The topological polar surface area (TPSA) is 83.1 Å². The molecule has 7 heteroatoms. The van der Waals surface area contributed by atoms with Crippen molar-refractivity contribution in [1.82, 2.24) is 15.2 Å². The van der Waals surface area contributed by atoms with Crippen LogP contribution in [-0.2, 0) is 4.74 Å². The number of aromatic nitrogens is 3. The van der Waals surface area contributed by atoms with E-state index in [9.17, 15) is 4.79 Å². The molecule has 7 nitrogen and oxygen atoms in total. The highest BCUT2D eigenvalue weighted by Gasteiger charge is 2.47. The van der Waals surface area contributed by atoms with Crippen molar-refractivity contribution in [3.8, 4) is 11.3 Å². The van der Waals surface area contributed by atoms with E-state index in [4.69, 9.17) is 4.74 Å². The number of carbonyl (C=O) groups is 1. The van der Waals surface area contributed by atoms with Gasteiger partial charge in [0.1, 0.15) is 11.4 Å². The Kier molecular flexibility index (Phi) is 4.86. The minimum Gasteiger partial charge on any atom is -0.441 e. The third-order valence-electron chi connectivity index (χ3n) is 6.18. The molecule has 3 heterocycles. The standard InChI is InChI=1S/C23H25N5O2/c29-22-28(19-7-4-12-24-15-19)16-23(30-22)10-8-17(9-11-23)14-25-21-13-20(26-27-21)18-5-2-1-3-6-18/h1-7,12-13,15,17H,8-11,14,16H2,(H2,25,26,27). The van der Waals surface area contributed by atoms with Crippen LogP contribution in [0.4, 0.5) is 16.3 Å². The lowest BCUT2D eigenvalue weighted by atomic mass is 9.78. The Balaban J connectivity index is 1.15. The van der Waals surface area contributed by atoms with E-state index in [1.807, 2.05) is 36.4 Å². The van der Waals surface area contributed by atoms with Gasteiger partial charge < -0.3 is 10.1 Å². The fourth-order valence-corrected chi connectivity index (χ4v) is 4.43. The second kappa shape index (κ2) is 7.82. The number of pyridine rings is 1. The second-order valence-electron chi connectivity index (χ2n) is 8.21. The van der Waals surface area contributed by atoms with Gasteiger partial charge in [0.25, 0.3) is 0 Å². The number of nitrogens with one attached hydrogen (secondary N) is 2. The summed E-state index contributed by atoms with van der Waals surface area (Å²) in [6.45, 7) is 1.48. The first-order chi connectivity index (χ1) is 14.7. The van der Waals surface area contributed by atoms with E-state index in [2.05, 4.69) is 32.6 Å². The molecule has 1 saturated carbocycles. The van der Waals surface area contributed by atoms with Crippen LogP contribution in [0.2, 0.25) is 0 Å². The number of aromatic amines is 1. The van der Waals surface area contributed by atoms with E-state index in [0.717, 1.165) is 55.0 Å². The minimum atomic E-state index is -0.365. The predicted octanol–water partition coefficient (Wildman–Crippen LogP) is 4.47. The number of hydrogen-bond donors (Lipinski definition) is 2. The monoisotopic (exact) mass is 403 g/mol. The molecule has 2 N–H and O–H groups in total. The fourth-order valence-electron chi connectivity index (χ4n) is 4.43. The summed E-state index contributed by atoms with van der Waals surface area (Å²) in [5.41, 5.74) is 2.57. The molecule has 1 saturated heterocycles. The van der Waals surface area contributed by atoms with Crippen molar-refractivity contribution in [3.05, 3.63) is 60.9 Å². The molecule has 0 atom stereocenters. The number of nitrogens with zero attached hydrogens (tertiary/aromatic N) is 3. The smallest absolute Gasteiger partial charge is 0.415 e. The van der Waals surface area contributed by atoms with E-state index in [0.29, 0.717) is 12.5 Å². The molecule has 2 aromatic heterocycles. The van der Waals surface area contributed by atoms with Crippen molar-refractivity contribution in [2.75, 3.05) is 23.3 Å². The maximum atomic E-state index is 12.4. The summed E-state index contributed by atoms with van der Waals surface area (Å²) in [5, 5.41) is 10.9. The zero-order valence-electron chi connectivity index (χ0n) is 16.8. The van der Waals surface area contributed by atoms with Crippen molar-refractivity contribution >= 4 is 17.6 Å². The Morgan fingerprint density at radius 2 is 2.00 bits per heavy atom. The van der Waals surface area contributed by atoms with Crippen molar-refractivity contribution < 1.29 is 9.53 Å². The van der Waals surface area contributed by atoms with E-state index < -0.39 is 0 Å². The molecule has 0 radical (unpaired) electrons. The van der Waals surface area contributed by atoms with Gasteiger partial charge >= 0.3 is 6.09 Å². The van der Waals surface area contributed by atoms with Crippen LogP contribution in [0.15, 0.2) is 60.9 Å². The molecular weight excluding hydrogens is 378 g/mol. The van der Waals surface area contributed by atoms with Crippen LogP contribution in [-0.4, -0.2) is 40.0 Å². The highest BCUT2D eigenvalue weighted by Crippen LogP contribution is 2.40. The van der Waals surface area contributed by atoms with Gasteiger partial charge in [0, 0.05) is 18.8 Å². The normalized spacial score (nSPS) is 23.5. The predicted molar refractivity (Wildman–Crippen MR) is 115 cm³/mol. The molecule has 0 unspecified atom stereocenters. The van der Waals surface area contributed by atoms with Crippen LogP contribution in [0.1, 0.15) is 25.7 Å². The maximum absolute atomic E-state index is 12.4. The molecule has 1 spiro atoms. The quantitative estimate of drug-likeness (QED) is 0.657. The van der Waals surface area contributed by atoms with Crippen molar-refractivity contribution in [1.29, 1.82) is 0 Å². The van der Waals surface area contributed by atoms with E-state index >= 15 is 0 Å².